The van der Waals surface area contributed by atoms with Crippen LogP contribution < -0.4 is 0 Å². The minimum atomic E-state index is -0.519. The van der Waals surface area contributed by atoms with E-state index in [0.29, 0.717) is 17.9 Å². The number of aliphatic hydroxyl groups is 1. The molecule has 1 heterocycles. The van der Waals surface area contributed by atoms with Crippen LogP contribution in [0, 0.1) is 11.8 Å². The first-order valence-electron chi connectivity index (χ1n) is 13.3. The van der Waals surface area contributed by atoms with Crippen molar-refractivity contribution in [2.75, 3.05) is 33.4 Å². The summed E-state index contributed by atoms with van der Waals surface area (Å²) < 4.78 is 17.3. The highest BCUT2D eigenvalue weighted by Gasteiger charge is 2.32. The van der Waals surface area contributed by atoms with Crippen LogP contribution in [0.4, 0.5) is 4.39 Å². The minimum Gasteiger partial charge on any atom is -0.465 e. The normalized spacial score (nSPS) is 15.1. The molecular weight excluding hydrogens is 453 g/mol. The molecule has 36 heavy (non-hydrogen) atoms. The van der Waals surface area contributed by atoms with Crippen molar-refractivity contribution in [3.63, 3.8) is 0 Å². The lowest BCUT2D eigenvalue weighted by atomic mass is 9.87. The summed E-state index contributed by atoms with van der Waals surface area (Å²) in [4.78, 5) is 14.3. The van der Waals surface area contributed by atoms with Crippen LogP contribution in [0.2, 0.25) is 0 Å². The summed E-state index contributed by atoms with van der Waals surface area (Å²) in [5, 5.41) is 10.8. The fraction of sp³-hybridized carbons (Fsp3) is 0.516. The van der Waals surface area contributed by atoms with Gasteiger partial charge in [-0.25, -0.2) is 4.79 Å². The zero-order valence-corrected chi connectivity index (χ0v) is 22.1. The van der Waals surface area contributed by atoms with Crippen LogP contribution >= 0.6 is 0 Å². The van der Waals surface area contributed by atoms with Crippen LogP contribution in [0.1, 0.15) is 84.7 Å². The molecule has 2 aromatic carbocycles. The van der Waals surface area contributed by atoms with Crippen LogP contribution in [-0.2, 0) is 11.2 Å². The Morgan fingerprint density at radius 3 is 2.42 bits per heavy atom. The van der Waals surface area contributed by atoms with Crippen LogP contribution in [0.5, 0.6) is 0 Å². The van der Waals surface area contributed by atoms with E-state index in [9.17, 15) is 14.3 Å². The summed E-state index contributed by atoms with van der Waals surface area (Å²) in [7, 11) is 1.40. The molecule has 1 fully saturated rings. The number of carbonyl (C=O) groups excluding carboxylic acids is 1. The fourth-order valence-electron chi connectivity index (χ4n) is 4.97. The number of unbranched alkanes of at least 4 members (excludes halogenated alkanes) is 2. The van der Waals surface area contributed by atoms with E-state index in [1.165, 1.54) is 20.0 Å². The lowest BCUT2D eigenvalue weighted by Gasteiger charge is -2.41. The van der Waals surface area contributed by atoms with Crippen LogP contribution in [-0.4, -0.2) is 49.4 Å². The zero-order chi connectivity index (χ0) is 26.1. The number of ether oxygens (including phenoxy) is 1. The van der Waals surface area contributed by atoms with E-state index in [-0.39, 0.29) is 18.6 Å². The second-order valence-electron chi connectivity index (χ2n) is 10.5. The summed E-state index contributed by atoms with van der Waals surface area (Å²) in [6, 6.07) is 13.7. The molecule has 0 spiro atoms. The summed E-state index contributed by atoms with van der Waals surface area (Å²) >= 11 is 0. The van der Waals surface area contributed by atoms with Crippen LogP contribution in [0.25, 0.3) is 5.57 Å². The van der Waals surface area contributed by atoms with Gasteiger partial charge in [-0.05, 0) is 65.1 Å². The standard InChI is InChI=1S/C31H42FNO3/c1-22(2)9-6-5-7-10-26-19-27(31(35)36-4)15-16-29(26)23(3)24-11-13-25(14-12-24)30(34)28-20-33(21-28)18-8-17-32/h11-16,19,22,28,30,34H,3,5-10,17-18,20-21H2,1-2,4H3. The predicted molar refractivity (Wildman–Crippen MR) is 145 cm³/mol. The van der Waals surface area contributed by atoms with Gasteiger partial charge in [0.05, 0.1) is 25.5 Å². The molecule has 0 aromatic heterocycles. The Bertz CT molecular complexity index is 995. The molecule has 1 N–H and O–H groups in total. The van der Waals surface area contributed by atoms with Gasteiger partial charge in [0.1, 0.15) is 0 Å². The number of carbonyl (C=O) groups is 1. The highest BCUT2D eigenvalue weighted by atomic mass is 19.1. The molecule has 0 aliphatic carbocycles. The summed E-state index contributed by atoms with van der Waals surface area (Å²) in [6.07, 6.45) is 5.58. The van der Waals surface area contributed by atoms with Gasteiger partial charge in [-0.1, -0.05) is 70.0 Å². The third-order valence-corrected chi connectivity index (χ3v) is 7.22. The molecule has 0 saturated carbocycles. The van der Waals surface area contributed by atoms with Crippen LogP contribution in [0.15, 0.2) is 49.0 Å². The molecule has 4 nitrogen and oxygen atoms in total. The number of rotatable bonds is 14. The summed E-state index contributed by atoms with van der Waals surface area (Å²) in [5.74, 6) is 0.576. The summed E-state index contributed by atoms with van der Waals surface area (Å²) in [5.41, 5.74) is 5.52. The Balaban J connectivity index is 1.68. The molecule has 1 unspecified atom stereocenters. The molecule has 1 aliphatic rings. The second-order valence-corrected chi connectivity index (χ2v) is 10.5. The number of hydrogen-bond donors (Lipinski definition) is 1. The Morgan fingerprint density at radius 1 is 1.08 bits per heavy atom. The molecule has 1 atom stereocenters. The summed E-state index contributed by atoms with van der Waals surface area (Å²) in [6.45, 7) is 11.0. The monoisotopic (exact) mass is 495 g/mol. The van der Waals surface area contributed by atoms with Crippen molar-refractivity contribution in [1.29, 1.82) is 0 Å². The maximum Gasteiger partial charge on any atom is 0.337 e. The Kier molecular flexibility index (Phi) is 10.7. The number of aliphatic hydroxyl groups excluding tert-OH is 1. The number of nitrogens with zero attached hydrogens (tertiary/aromatic N) is 1. The second kappa shape index (κ2) is 13.7. The van der Waals surface area contributed by atoms with E-state index in [0.717, 1.165) is 66.7 Å². The lowest BCUT2D eigenvalue weighted by molar-refractivity contribution is -0.00608. The van der Waals surface area contributed by atoms with Crippen molar-refractivity contribution >= 4 is 11.5 Å². The SMILES string of the molecule is C=C(c1ccc(C(O)C2CN(CCCF)C2)cc1)c1ccc(C(=O)OC)cc1CCCCCC(C)C. The number of benzene rings is 2. The number of hydrogen-bond acceptors (Lipinski definition) is 4. The third-order valence-electron chi connectivity index (χ3n) is 7.22. The third kappa shape index (κ3) is 7.50. The maximum absolute atomic E-state index is 12.4. The van der Waals surface area contributed by atoms with Gasteiger partial charge in [-0.2, -0.15) is 0 Å². The smallest absolute Gasteiger partial charge is 0.337 e. The Hall–Kier alpha value is -2.50. The first-order valence-corrected chi connectivity index (χ1v) is 13.3. The average Bonchev–Trinajstić information content (AvgIpc) is 2.86. The van der Waals surface area contributed by atoms with Crippen molar-refractivity contribution in [2.24, 2.45) is 11.8 Å². The molecular formula is C31H42FNO3. The molecule has 196 valence electrons. The van der Waals surface area contributed by atoms with Gasteiger partial charge in [-0.15, -0.1) is 0 Å². The first kappa shape index (κ1) is 28.1. The van der Waals surface area contributed by atoms with Gasteiger partial charge < -0.3 is 14.7 Å². The Labute approximate surface area is 216 Å². The molecule has 3 rings (SSSR count). The Morgan fingerprint density at radius 2 is 1.78 bits per heavy atom. The molecule has 5 heteroatoms. The van der Waals surface area contributed by atoms with Crippen LogP contribution in [0.3, 0.4) is 0 Å². The van der Waals surface area contributed by atoms with Gasteiger partial charge in [0, 0.05) is 25.6 Å². The van der Waals surface area contributed by atoms with Crippen molar-refractivity contribution in [2.45, 2.75) is 58.5 Å². The molecule has 0 bridgehead atoms. The van der Waals surface area contributed by atoms with E-state index in [1.54, 1.807) is 6.07 Å². The number of aryl methyl sites for hydroxylation is 1. The number of halogens is 1. The number of methoxy groups -OCH3 is 1. The quantitative estimate of drug-likeness (QED) is 0.236. The molecule has 1 saturated heterocycles. The number of esters is 1. The van der Waals surface area contributed by atoms with Gasteiger partial charge in [0.25, 0.3) is 0 Å². The van der Waals surface area contributed by atoms with Crippen molar-refractivity contribution < 1.29 is 19.0 Å². The average molecular weight is 496 g/mol. The van der Waals surface area contributed by atoms with E-state index in [2.05, 4.69) is 25.3 Å². The lowest BCUT2D eigenvalue weighted by Crippen LogP contribution is -2.49. The van der Waals surface area contributed by atoms with E-state index in [4.69, 9.17) is 4.74 Å². The predicted octanol–water partition coefficient (Wildman–Crippen LogP) is 6.62. The van der Waals surface area contributed by atoms with Gasteiger partial charge in [0.15, 0.2) is 0 Å². The van der Waals surface area contributed by atoms with Crippen molar-refractivity contribution in [3.8, 4) is 0 Å². The number of alkyl halides is 1. The number of likely N-dealkylation sites (tertiary alicyclic amines) is 1. The van der Waals surface area contributed by atoms with Gasteiger partial charge >= 0.3 is 5.97 Å². The van der Waals surface area contributed by atoms with Gasteiger partial charge in [0.2, 0.25) is 0 Å². The van der Waals surface area contributed by atoms with E-state index >= 15 is 0 Å². The topological polar surface area (TPSA) is 49.8 Å². The fourth-order valence-corrected chi connectivity index (χ4v) is 4.97. The first-order chi connectivity index (χ1) is 17.3. The van der Waals surface area contributed by atoms with Gasteiger partial charge in [-0.3, -0.25) is 4.39 Å². The molecule has 0 radical (unpaired) electrons. The molecule has 2 aromatic rings. The largest absolute Gasteiger partial charge is 0.465 e. The zero-order valence-electron chi connectivity index (χ0n) is 22.1. The minimum absolute atomic E-state index is 0.187. The highest BCUT2D eigenvalue weighted by Crippen LogP contribution is 2.32. The van der Waals surface area contributed by atoms with E-state index < -0.39 is 6.10 Å². The molecule has 0 amide bonds. The van der Waals surface area contributed by atoms with Crippen molar-refractivity contribution in [1.82, 2.24) is 4.90 Å². The highest BCUT2D eigenvalue weighted by molar-refractivity contribution is 5.91. The van der Waals surface area contributed by atoms with Crippen molar-refractivity contribution in [3.05, 3.63) is 76.9 Å². The molecule has 1 aliphatic heterocycles. The maximum atomic E-state index is 12.4. The van der Waals surface area contributed by atoms with E-state index in [1.807, 2.05) is 36.4 Å².